The Morgan fingerprint density at radius 2 is 2.00 bits per heavy atom. The van der Waals surface area contributed by atoms with Crippen LogP contribution in [0.3, 0.4) is 0 Å². The highest BCUT2D eigenvalue weighted by Gasteiger charge is 2.19. The fourth-order valence-electron chi connectivity index (χ4n) is 1.72. The quantitative estimate of drug-likeness (QED) is 0.282. The van der Waals surface area contributed by atoms with Gasteiger partial charge in [-0.1, -0.05) is 6.07 Å². The fraction of sp³-hybridized carbons (Fsp3) is 0.412. The highest BCUT2D eigenvalue weighted by Crippen LogP contribution is 2.23. The van der Waals surface area contributed by atoms with Crippen LogP contribution in [0, 0.1) is 6.57 Å². The number of carbonyl (C=O) groups excluding carboxylic acids is 2. The van der Waals surface area contributed by atoms with Crippen molar-refractivity contribution < 1.29 is 24.5 Å². The number of guanidine groups is 1. The number of aliphatic imine (C=N–C) groups is 1. The molecular formula is C17H22N4O5. The molecule has 0 aliphatic rings. The minimum atomic E-state index is -0.820. The number of ether oxygens (including phenoxy) is 1. The monoisotopic (exact) mass is 362 g/mol. The zero-order chi connectivity index (χ0) is 19.7. The van der Waals surface area contributed by atoms with Gasteiger partial charge in [0.05, 0.1) is 12.1 Å². The molecule has 0 aromatic heterocycles. The maximum absolute atomic E-state index is 12.3. The zero-order valence-corrected chi connectivity index (χ0v) is 14.9. The van der Waals surface area contributed by atoms with E-state index < -0.39 is 17.6 Å². The number of rotatable bonds is 4. The molecule has 0 saturated carbocycles. The second-order valence-corrected chi connectivity index (χ2v) is 6.20. The maximum atomic E-state index is 12.3. The predicted octanol–water partition coefficient (Wildman–Crippen LogP) is 1.94. The van der Waals surface area contributed by atoms with Gasteiger partial charge in [-0.25, -0.2) is 9.64 Å². The molecule has 0 aliphatic carbocycles. The molecule has 0 bridgehead atoms. The van der Waals surface area contributed by atoms with Crippen molar-refractivity contribution in [2.75, 3.05) is 13.2 Å². The summed E-state index contributed by atoms with van der Waals surface area (Å²) >= 11 is 0. The van der Waals surface area contributed by atoms with Crippen LogP contribution in [0.4, 0.5) is 10.5 Å². The minimum absolute atomic E-state index is 0.106. The second kappa shape index (κ2) is 9.39. The summed E-state index contributed by atoms with van der Waals surface area (Å²) in [6.45, 7) is 12.1. The Bertz CT molecular complexity index is 732. The van der Waals surface area contributed by atoms with Crippen LogP contribution in [0.25, 0.3) is 4.85 Å². The summed E-state index contributed by atoms with van der Waals surface area (Å²) in [6, 6.07) is 3.82. The van der Waals surface area contributed by atoms with E-state index in [0.717, 1.165) is 0 Å². The van der Waals surface area contributed by atoms with Crippen LogP contribution in [0.15, 0.2) is 23.2 Å². The molecule has 2 amide bonds. The predicted molar refractivity (Wildman–Crippen MR) is 95.2 cm³/mol. The van der Waals surface area contributed by atoms with Crippen molar-refractivity contribution >= 4 is 23.6 Å². The van der Waals surface area contributed by atoms with E-state index >= 15 is 0 Å². The first kappa shape index (κ1) is 20.9. The van der Waals surface area contributed by atoms with E-state index in [9.17, 15) is 14.7 Å². The number of hydrogen-bond donors (Lipinski definition) is 4. The topological polar surface area (TPSA) is 125 Å². The maximum Gasteiger partial charge on any atom is 0.414 e. The largest absolute Gasteiger partial charge is 0.507 e. The van der Waals surface area contributed by atoms with Crippen molar-refractivity contribution in [3.63, 3.8) is 0 Å². The molecular weight excluding hydrogens is 340 g/mol. The molecule has 4 N–H and O–H groups in total. The Labute approximate surface area is 151 Å². The van der Waals surface area contributed by atoms with Crippen molar-refractivity contribution in [2.45, 2.75) is 32.8 Å². The molecule has 0 spiro atoms. The summed E-state index contributed by atoms with van der Waals surface area (Å²) in [5, 5.41) is 23.3. The van der Waals surface area contributed by atoms with Crippen molar-refractivity contribution in [3.05, 3.63) is 35.2 Å². The average molecular weight is 362 g/mol. The molecule has 140 valence electrons. The minimum Gasteiger partial charge on any atom is -0.507 e. The van der Waals surface area contributed by atoms with Gasteiger partial charge in [-0.05, 0) is 39.3 Å². The Morgan fingerprint density at radius 1 is 1.31 bits per heavy atom. The lowest BCUT2D eigenvalue weighted by atomic mass is 10.1. The van der Waals surface area contributed by atoms with Crippen LogP contribution in [0.2, 0.25) is 0 Å². The van der Waals surface area contributed by atoms with E-state index in [-0.39, 0.29) is 36.1 Å². The number of nitrogens with one attached hydrogen (secondary N) is 2. The number of hydrogen-bond acceptors (Lipinski definition) is 6. The van der Waals surface area contributed by atoms with E-state index in [1.165, 1.54) is 18.2 Å². The van der Waals surface area contributed by atoms with Gasteiger partial charge in [0, 0.05) is 13.2 Å². The summed E-state index contributed by atoms with van der Waals surface area (Å²) < 4.78 is 5.10. The molecule has 0 unspecified atom stereocenters. The lowest BCUT2D eigenvalue weighted by Gasteiger charge is -2.20. The number of aromatic hydroxyl groups is 1. The van der Waals surface area contributed by atoms with E-state index in [0.29, 0.717) is 6.42 Å². The number of phenolic OH excluding ortho intramolecular Hbond substituents is 1. The van der Waals surface area contributed by atoms with Gasteiger partial charge < -0.3 is 14.9 Å². The number of aliphatic hydroxyl groups excluding tert-OH is 1. The SMILES string of the molecule is [C-]#[N+]c1ccc(O)c(C(=O)NC(=NCCCO)NC(=O)OC(C)(C)C)c1. The molecule has 1 rings (SSSR count). The van der Waals surface area contributed by atoms with Gasteiger partial charge in [-0.15, -0.1) is 0 Å². The summed E-state index contributed by atoms with van der Waals surface area (Å²) in [7, 11) is 0. The third-order valence-electron chi connectivity index (χ3n) is 2.79. The first-order chi connectivity index (χ1) is 12.2. The molecule has 1 aromatic carbocycles. The first-order valence-electron chi connectivity index (χ1n) is 7.83. The normalized spacial score (nSPS) is 11.4. The number of benzene rings is 1. The van der Waals surface area contributed by atoms with Crippen LogP contribution < -0.4 is 10.6 Å². The number of aliphatic hydroxyl groups is 1. The third-order valence-corrected chi connectivity index (χ3v) is 2.79. The Hall–Kier alpha value is -3.12. The van der Waals surface area contributed by atoms with Crippen molar-refractivity contribution in [1.29, 1.82) is 0 Å². The molecule has 9 nitrogen and oxygen atoms in total. The van der Waals surface area contributed by atoms with Gasteiger partial charge >= 0.3 is 6.09 Å². The van der Waals surface area contributed by atoms with Gasteiger partial charge in [0.1, 0.15) is 11.4 Å². The summed E-state index contributed by atoms with van der Waals surface area (Å²) in [5.41, 5.74) is -0.710. The van der Waals surface area contributed by atoms with Gasteiger partial charge in [-0.3, -0.25) is 20.4 Å². The van der Waals surface area contributed by atoms with Crippen molar-refractivity contribution in [1.82, 2.24) is 10.6 Å². The standard InChI is InChI=1S/C17H22N4O5/c1-17(2,3)26-16(25)21-15(19-8-5-9-22)20-14(24)12-10-11(18-4)6-7-13(12)23/h6-7,10,22-23H,5,8-9H2,1-3H3,(H2,19,20,21,24,25). The third kappa shape index (κ3) is 7.19. The molecule has 0 aliphatic heterocycles. The highest BCUT2D eigenvalue weighted by molar-refractivity contribution is 6.10. The van der Waals surface area contributed by atoms with E-state index in [2.05, 4.69) is 20.5 Å². The average Bonchev–Trinajstić information content (AvgIpc) is 2.53. The smallest absolute Gasteiger partial charge is 0.414 e. The number of amides is 2. The fourth-order valence-corrected chi connectivity index (χ4v) is 1.72. The van der Waals surface area contributed by atoms with Gasteiger partial charge in [-0.2, -0.15) is 0 Å². The van der Waals surface area contributed by atoms with Crippen LogP contribution >= 0.6 is 0 Å². The highest BCUT2D eigenvalue weighted by atomic mass is 16.6. The van der Waals surface area contributed by atoms with Gasteiger partial charge in [0.2, 0.25) is 5.96 Å². The summed E-state index contributed by atoms with van der Waals surface area (Å²) in [5.74, 6) is -1.26. The Kier molecular flexibility index (Phi) is 7.55. The van der Waals surface area contributed by atoms with Gasteiger partial charge in [0.15, 0.2) is 5.69 Å². The van der Waals surface area contributed by atoms with Crippen LogP contribution in [0.1, 0.15) is 37.6 Å². The number of carbonyl (C=O) groups is 2. The van der Waals surface area contributed by atoms with Crippen molar-refractivity contribution in [2.24, 2.45) is 4.99 Å². The zero-order valence-electron chi connectivity index (χ0n) is 14.9. The molecule has 0 radical (unpaired) electrons. The van der Waals surface area contributed by atoms with E-state index in [1.54, 1.807) is 20.8 Å². The summed E-state index contributed by atoms with van der Waals surface area (Å²) in [4.78, 5) is 31.4. The Morgan fingerprint density at radius 3 is 2.58 bits per heavy atom. The van der Waals surface area contributed by atoms with E-state index in [4.69, 9.17) is 16.4 Å². The van der Waals surface area contributed by atoms with Gasteiger partial charge in [0.25, 0.3) is 5.91 Å². The molecule has 0 fully saturated rings. The Balaban J connectivity index is 2.95. The van der Waals surface area contributed by atoms with Crippen LogP contribution in [-0.2, 0) is 4.74 Å². The lowest BCUT2D eigenvalue weighted by molar-refractivity contribution is 0.0561. The lowest BCUT2D eigenvalue weighted by Crippen LogP contribution is -2.46. The molecule has 0 heterocycles. The number of nitrogens with zero attached hydrogens (tertiary/aromatic N) is 2. The molecule has 26 heavy (non-hydrogen) atoms. The first-order valence-corrected chi connectivity index (χ1v) is 7.83. The molecule has 0 atom stereocenters. The van der Waals surface area contributed by atoms with E-state index in [1.807, 2.05) is 0 Å². The molecule has 9 heteroatoms. The van der Waals surface area contributed by atoms with Crippen LogP contribution in [0.5, 0.6) is 5.75 Å². The number of alkyl carbamates (subject to hydrolysis) is 1. The molecule has 1 aromatic rings. The second-order valence-electron chi connectivity index (χ2n) is 6.20. The number of phenols is 1. The van der Waals surface area contributed by atoms with Crippen LogP contribution in [-0.4, -0.2) is 46.9 Å². The summed E-state index contributed by atoms with van der Waals surface area (Å²) in [6.07, 6.45) is -0.493. The van der Waals surface area contributed by atoms with Crippen molar-refractivity contribution in [3.8, 4) is 5.75 Å². The molecule has 0 saturated heterocycles.